The van der Waals surface area contributed by atoms with E-state index in [1.807, 2.05) is 6.26 Å². The number of hydrogen-bond donors (Lipinski definition) is 1. The molecule has 0 aromatic carbocycles. The molecule has 0 atom stereocenters. The fourth-order valence-corrected chi connectivity index (χ4v) is 2.88. The highest BCUT2D eigenvalue weighted by Gasteiger charge is 2.36. The van der Waals surface area contributed by atoms with E-state index in [4.69, 9.17) is 0 Å². The SMILES string of the molecule is CCN1CCC(CNC(=O)CSC)(N(C)C)CC1. The Bertz CT molecular complexity index is 263. The molecule has 1 rings (SSSR count). The maximum absolute atomic E-state index is 11.6. The van der Waals surface area contributed by atoms with Crippen LogP contribution in [0.5, 0.6) is 0 Å². The smallest absolute Gasteiger partial charge is 0.230 e. The summed E-state index contributed by atoms with van der Waals surface area (Å²) in [5, 5.41) is 3.09. The molecule has 1 heterocycles. The molecule has 5 heteroatoms. The molecule has 1 amide bonds. The second-order valence-electron chi connectivity index (χ2n) is 5.26. The van der Waals surface area contributed by atoms with Gasteiger partial charge in [0.05, 0.1) is 5.75 Å². The van der Waals surface area contributed by atoms with Gasteiger partial charge in [-0.1, -0.05) is 6.92 Å². The van der Waals surface area contributed by atoms with Crippen molar-refractivity contribution < 1.29 is 4.79 Å². The number of carbonyl (C=O) groups is 1. The van der Waals surface area contributed by atoms with Gasteiger partial charge in [0.2, 0.25) is 5.91 Å². The van der Waals surface area contributed by atoms with Gasteiger partial charge in [-0.25, -0.2) is 0 Å². The monoisotopic (exact) mass is 273 g/mol. The van der Waals surface area contributed by atoms with E-state index in [0.29, 0.717) is 5.75 Å². The Kier molecular flexibility index (Phi) is 6.46. The van der Waals surface area contributed by atoms with E-state index in [9.17, 15) is 4.79 Å². The Morgan fingerprint density at radius 2 is 2.00 bits per heavy atom. The van der Waals surface area contributed by atoms with Gasteiger partial charge < -0.3 is 15.1 Å². The van der Waals surface area contributed by atoms with Crippen LogP contribution in [0.1, 0.15) is 19.8 Å². The molecule has 1 aliphatic rings. The van der Waals surface area contributed by atoms with Gasteiger partial charge >= 0.3 is 0 Å². The van der Waals surface area contributed by atoms with Gasteiger partial charge in [0.1, 0.15) is 0 Å². The minimum absolute atomic E-state index is 0.139. The van der Waals surface area contributed by atoms with Crippen LogP contribution in [0, 0.1) is 0 Å². The van der Waals surface area contributed by atoms with Crippen molar-refractivity contribution >= 4 is 17.7 Å². The van der Waals surface area contributed by atoms with Gasteiger partial charge in [-0.15, -0.1) is 0 Å². The first-order valence-electron chi connectivity index (χ1n) is 6.69. The van der Waals surface area contributed by atoms with E-state index in [1.54, 1.807) is 11.8 Å². The van der Waals surface area contributed by atoms with Crippen LogP contribution in [-0.2, 0) is 4.79 Å². The number of likely N-dealkylation sites (N-methyl/N-ethyl adjacent to an activating group) is 1. The van der Waals surface area contributed by atoms with Crippen molar-refractivity contribution in [3.63, 3.8) is 0 Å². The van der Waals surface area contributed by atoms with Crippen molar-refractivity contribution in [3.8, 4) is 0 Å². The summed E-state index contributed by atoms with van der Waals surface area (Å²) < 4.78 is 0. The summed E-state index contributed by atoms with van der Waals surface area (Å²) in [4.78, 5) is 16.4. The van der Waals surface area contributed by atoms with Gasteiger partial charge in [-0.05, 0) is 52.8 Å². The lowest BCUT2D eigenvalue weighted by molar-refractivity contribution is -0.119. The summed E-state index contributed by atoms with van der Waals surface area (Å²) in [5.41, 5.74) is 0.139. The van der Waals surface area contributed by atoms with Crippen molar-refractivity contribution in [1.29, 1.82) is 0 Å². The van der Waals surface area contributed by atoms with Gasteiger partial charge in [0.25, 0.3) is 0 Å². The molecule has 4 nitrogen and oxygen atoms in total. The number of amides is 1. The van der Waals surface area contributed by atoms with Crippen LogP contribution in [-0.4, -0.2) is 73.5 Å². The van der Waals surface area contributed by atoms with E-state index in [0.717, 1.165) is 39.0 Å². The molecule has 1 aliphatic heterocycles. The molecule has 0 spiro atoms. The molecule has 0 aromatic heterocycles. The molecule has 0 unspecified atom stereocenters. The Labute approximate surface area is 115 Å². The Morgan fingerprint density at radius 3 is 2.44 bits per heavy atom. The number of rotatable bonds is 6. The highest BCUT2D eigenvalue weighted by molar-refractivity contribution is 7.99. The molecule has 0 bridgehead atoms. The molecule has 0 aliphatic carbocycles. The van der Waals surface area contributed by atoms with Gasteiger partial charge in [0.15, 0.2) is 0 Å². The molecular weight excluding hydrogens is 246 g/mol. The van der Waals surface area contributed by atoms with Crippen LogP contribution < -0.4 is 5.32 Å². The lowest BCUT2D eigenvalue weighted by atomic mass is 9.86. The van der Waals surface area contributed by atoms with Crippen LogP contribution in [0.3, 0.4) is 0 Å². The third-order valence-electron chi connectivity index (χ3n) is 4.07. The lowest BCUT2D eigenvalue weighted by Crippen LogP contribution is -2.58. The molecule has 0 radical (unpaired) electrons. The molecule has 1 fully saturated rings. The minimum atomic E-state index is 0.139. The van der Waals surface area contributed by atoms with Crippen molar-refractivity contribution in [1.82, 2.24) is 15.1 Å². The second-order valence-corrected chi connectivity index (χ2v) is 6.13. The van der Waals surface area contributed by atoms with E-state index >= 15 is 0 Å². The minimum Gasteiger partial charge on any atom is -0.354 e. The Hall–Kier alpha value is -0.260. The number of nitrogens with one attached hydrogen (secondary N) is 1. The van der Waals surface area contributed by atoms with E-state index in [1.165, 1.54) is 0 Å². The largest absolute Gasteiger partial charge is 0.354 e. The van der Waals surface area contributed by atoms with E-state index < -0.39 is 0 Å². The second kappa shape index (κ2) is 7.36. The van der Waals surface area contributed by atoms with Gasteiger partial charge in [-0.3, -0.25) is 4.79 Å². The first-order chi connectivity index (χ1) is 8.54. The average Bonchev–Trinajstić information content (AvgIpc) is 2.37. The number of likely N-dealkylation sites (tertiary alicyclic amines) is 1. The molecular formula is C13H27N3OS. The summed E-state index contributed by atoms with van der Waals surface area (Å²) in [7, 11) is 4.25. The van der Waals surface area contributed by atoms with Crippen LogP contribution in [0.4, 0.5) is 0 Å². The summed E-state index contributed by atoms with van der Waals surface area (Å²) in [6, 6.07) is 0. The van der Waals surface area contributed by atoms with E-state index in [-0.39, 0.29) is 11.4 Å². The van der Waals surface area contributed by atoms with Crippen LogP contribution in [0.25, 0.3) is 0 Å². The number of carbonyl (C=O) groups excluding carboxylic acids is 1. The maximum Gasteiger partial charge on any atom is 0.230 e. The lowest BCUT2D eigenvalue weighted by Gasteiger charge is -2.46. The summed E-state index contributed by atoms with van der Waals surface area (Å²) in [5.74, 6) is 0.714. The fourth-order valence-electron chi connectivity index (χ4n) is 2.51. The zero-order chi connectivity index (χ0) is 13.6. The fraction of sp³-hybridized carbons (Fsp3) is 0.923. The summed E-state index contributed by atoms with van der Waals surface area (Å²) >= 11 is 1.57. The highest BCUT2D eigenvalue weighted by Crippen LogP contribution is 2.26. The molecule has 106 valence electrons. The van der Waals surface area contributed by atoms with Crippen molar-refractivity contribution in [2.45, 2.75) is 25.3 Å². The summed E-state index contributed by atoms with van der Waals surface area (Å²) in [6.45, 7) is 6.38. The number of piperidine rings is 1. The predicted octanol–water partition coefficient (Wildman–Crippen LogP) is 0.882. The van der Waals surface area contributed by atoms with Gasteiger partial charge in [-0.2, -0.15) is 11.8 Å². The predicted molar refractivity (Wildman–Crippen MR) is 79.2 cm³/mol. The third kappa shape index (κ3) is 4.14. The average molecular weight is 273 g/mol. The quantitative estimate of drug-likeness (QED) is 0.779. The Morgan fingerprint density at radius 1 is 1.39 bits per heavy atom. The molecule has 0 saturated carbocycles. The first-order valence-corrected chi connectivity index (χ1v) is 8.09. The maximum atomic E-state index is 11.6. The standard InChI is InChI=1S/C13H27N3OS/c1-5-16-8-6-13(7-9-16,15(2)3)11-14-12(17)10-18-4/h5-11H2,1-4H3,(H,14,17). The van der Waals surface area contributed by atoms with Crippen molar-refractivity contribution in [2.75, 3.05) is 52.3 Å². The van der Waals surface area contributed by atoms with Crippen molar-refractivity contribution in [2.24, 2.45) is 0 Å². The summed E-state index contributed by atoms with van der Waals surface area (Å²) in [6.07, 6.45) is 4.22. The molecule has 0 aromatic rings. The topological polar surface area (TPSA) is 35.6 Å². The van der Waals surface area contributed by atoms with Crippen molar-refractivity contribution in [3.05, 3.63) is 0 Å². The highest BCUT2D eigenvalue weighted by atomic mass is 32.2. The number of hydrogen-bond acceptors (Lipinski definition) is 4. The first kappa shape index (κ1) is 15.8. The van der Waals surface area contributed by atoms with Crippen LogP contribution in [0.15, 0.2) is 0 Å². The molecule has 1 N–H and O–H groups in total. The zero-order valence-corrected chi connectivity index (χ0v) is 13.0. The normalized spacial score (nSPS) is 20.1. The molecule has 1 saturated heterocycles. The third-order valence-corrected chi connectivity index (χ3v) is 4.62. The number of thioether (sulfide) groups is 1. The van der Waals surface area contributed by atoms with Gasteiger partial charge in [0, 0.05) is 12.1 Å². The van der Waals surface area contributed by atoms with E-state index in [2.05, 4.69) is 36.1 Å². The Balaban J connectivity index is 2.52. The zero-order valence-electron chi connectivity index (χ0n) is 12.2. The molecule has 18 heavy (non-hydrogen) atoms. The van der Waals surface area contributed by atoms with Crippen LogP contribution >= 0.6 is 11.8 Å². The number of nitrogens with zero attached hydrogens (tertiary/aromatic N) is 2. The van der Waals surface area contributed by atoms with Crippen LogP contribution in [0.2, 0.25) is 0 Å².